The minimum absolute atomic E-state index is 0.0510. The second-order valence-corrected chi connectivity index (χ2v) is 7.45. The van der Waals surface area contributed by atoms with Gasteiger partial charge < -0.3 is 16.0 Å². The van der Waals surface area contributed by atoms with Crippen molar-refractivity contribution in [1.29, 1.82) is 0 Å². The molecule has 2 rings (SSSR count). The summed E-state index contributed by atoms with van der Waals surface area (Å²) in [5.41, 5.74) is 1.81. The molecule has 2 aromatic rings. The molecule has 0 aliphatic heterocycles. The molecule has 0 atom stereocenters. The molecule has 26 heavy (non-hydrogen) atoms. The van der Waals surface area contributed by atoms with Crippen LogP contribution in [0.25, 0.3) is 0 Å². The predicted molar refractivity (Wildman–Crippen MR) is 113 cm³/mol. The molecule has 2 amide bonds. The highest BCUT2D eigenvalue weighted by atomic mass is 79.9. The topological polar surface area (TPSA) is 70.2 Å². The van der Waals surface area contributed by atoms with Crippen molar-refractivity contribution in [1.82, 2.24) is 5.32 Å². The number of amides is 2. The molecule has 0 aromatic heterocycles. The van der Waals surface area contributed by atoms with Crippen molar-refractivity contribution >= 4 is 50.9 Å². The minimum atomic E-state index is -0.118. The molecule has 0 heterocycles. The van der Waals surface area contributed by atoms with E-state index >= 15 is 0 Å². The van der Waals surface area contributed by atoms with Gasteiger partial charge in [-0.2, -0.15) is 0 Å². The Balaban J connectivity index is 1.51. The number of anilines is 2. The molecule has 0 fully saturated rings. The fourth-order valence-corrected chi connectivity index (χ4v) is 3.20. The zero-order valence-electron chi connectivity index (χ0n) is 14.3. The van der Waals surface area contributed by atoms with E-state index in [4.69, 9.17) is 0 Å². The first-order chi connectivity index (χ1) is 12.6. The Morgan fingerprint density at radius 1 is 0.885 bits per heavy atom. The van der Waals surface area contributed by atoms with Crippen molar-refractivity contribution in [2.24, 2.45) is 0 Å². The SMILES string of the molecule is O=C(CSCC(=O)Nc1cccc(Br)c1)NCCCNc1ccccc1. The normalized spacial score (nSPS) is 10.2. The number of thioether (sulfide) groups is 1. The van der Waals surface area contributed by atoms with Crippen molar-refractivity contribution in [3.8, 4) is 0 Å². The highest BCUT2D eigenvalue weighted by molar-refractivity contribution is 9.10. The van der Waals surface area contributed by atoms with E-state index in [1.54, 1.807) is 0 Å². The summed E-state index contributed by atoms with van der Waals surface area (Å²) in [6, 6.07) is 17.4. The van der Waals surface area contributed by atoms with Crippen LogP contribution in [-0.2, 0) is 9.59 Å². The molecular weight excluding hydrogens is 414 g/mol. The van der Waals surface area contributed by atoms with Crippen molar-refractivity contribution in [3.63, 3.8) is 0 Å². The number of nitrogens with one attached hydrogen (secondary N) is 3. The van der Waals surface area contributed by atoms with Gasteiger partial charge in [0.25, 0.3) is 0 Å². The maximum Gasteiger partial charge on any atom is 0.234 e. The van der Waals surface area contributed by atoms with Gasteiger partial charge in [-0.25, -0.2) is 0 Å². The van der Waals surface area contributed by atoms with E-state index in [1.165, 1.54) is 11.8 Å². The highest BCUT2D eigenvalue weighted by Crippen LogP contribution is 2.15. The number of benzene rings is 2. The molecule has 0 saturated heterocycles. The van der Waals surface area contributed by atoms with Crippen LogP contribution in [0.4, 0.5) is 11.4 Å². The number of hydrogen-bond acceptors (Lipinski definition) is 4. The van der Waals surface area contributed by atoms with Gasteiger partial charge in [0, 0.05) is 28.9 Å². The quantitative estimate of drug-likeness (QED) is 0.497. The number of hydrogen-bond donors (Lipinski definition) is 3. The largest absolute Gasteiger partial charge is 0.385 e. The van der Waals surface area contributed by atoms with Gasteiger partial charge in [0.1, 0.15) is 0 Å². The Morgan fingerprint density at radius 2 is 1.62 bits per heavy atom. The third kappa shape index (κ3) is 8.40. The zero-order chi connectivity index (χ0) is 18.6. The van der Waals surface area contributed by atoms with E-state index in [1.807, 2.05) is 54.6 Å². The Kier molecular flexibility index (Phi) is 9.06. The third-order valence-corrected chi connectivity index (χ3v) is 4.78. The summed E-state index contributed by atoms with van der Waals surface area (Å²) in [4.78, 5) is 23.6. The molecule has 138 valence electrons. The van der Waals surface area contributed by atoms with Crippen molar-refractivity contribution in [2.75, 3.05) is 35.2 Å². The summed E-state index contributed by atoms with van der Waals surface area (Å²) in [7, 11) is 0. The van der Waals surface area contributed by atoms with Crippen molar-refractivity contribution < 1.29 is 9.59 Å². The first-order valence-corrected chi connectivity index (χ1v) is 10.3. The van der Waals surface area contributed by atoms with E-state index in [0.29, 0.717) is 6.54 Å². The van der Waals surface area contributed by atoms with Gasteiger partial charge in [0.2, 0.25) is 11.8 Å². The molecule has 0 unspecified atom stereocenters. The standard InChI is InChI=1S/C19H22BrN3O2S/c20-15-6-4-9-17(12-15)23-19(25)14-26-13-18(24)22-11-5-10-21-16-7-2-1-3-8-16/h1-4,6-9,12,21H,5,10-11,13-14H2,(H,22,24)(H,23,25). The van der Waals surface area contributed by atoms with Gasteiger partial charge in [-0.3, -0.25) is 9.59 Å². The van der Waals surface area contributed by atoms with Gasteiger partial charge >= 0.3 is 0 Å². The van der Waals surface area contributed by atoms with Crippen LogP contribution < -0.4 is 16.0 Å². The molecule has 2 aromatic carbocycles. The van der Waals surface area contributed by atoms with E-state index in [9.17, 15) is 9.59 Å². The van der Waals surface area contributed by atoms with Crippen LogP contribution in [0.1, 0.15) is 6.42 Å². The second-order valence-electron chi connectivity index (χ2n) is 5.55. The summed E-state index contributed by atoms with van der Waals surface area (Å²) in [5.74, 6) is 0.353. The lowest BCUT2D eigenvalue weighted by molar-refractivity contribution is -0.118. The van der Waals surface area contributed by atoms with E-state index in [-0.39, 0.29) is 23.3 Å². The van der Waals surface area contributed by atoms with E-state index in [0.717, 1.165) is 28.8 Å². The number of halogens is 1. The average Bonchev–Trinajstić information content (AvgIpc) is 2.62. The van der Waals surface area contributed by atoms with Crippen LogP contribution in [0.3, 0.4) is 0 Å². The smallest absolute Gasteiger partial charge is 0.234 e. The molecule has 0 aliphatic rings. The first kappa shape index (κ1) is 20.3. The van der Waals surface area contributed by atoms with E-state index < -0.39 is 0 Å². The maximum atomic E-state index is 11.9. The number of carbonyl (C=O) groups excluding carboxylic acids is 2. The van der Waals surface area contributed by atoms with Crippen LogP contribution >= 0.6 is 27.7 Å². The third-order valence-electron chi connectivity index (χ3n) is 3.35. The average molecular weight is 436 g/mol. The second kappa shape index (κ2) is 11.6. The summed E-state index contributed by atoms with van der Waals surface area (Å²) >= 11 is 4.66. The lowest BCUT2D eigenvalue weighted by Gasteiger charge is -2.08. The maximum absolute atomic E-state index is 11.9. The van der Waals surface area contributed by atoms with Crippen LogP contribution in [0.15, 0.2) is 59.1 Å². The fourth-order valence-electron chi connectivity index (χ4n) is 2.16. The van der Waals surface area contributed by atoms with Crippen molar-refractivity contribution in [2.45, 2.75) is 6.42 Å². The lowest BCUT2D eigenvalue weighted by atomic mass is 10.3. The Labute approximate surface area is 166 Å². The zero-order valence-corrected chi connectivity index (χ0v) is 16.7. The molecule has 5 nitrogen and oxygen atoms in total. The highest BCUT2D eigenvalue weighted by Gasteiger charge is 2.06. The predicted octanol–water partition coefficient (Wildman–Crippen LogP) is 3.74. The molecular formula is C19H22BrN3O2S. The van der Waals surface area contributed by atoms with Crippen molar-refractivity contribution in [3.05, 3.63) is 59.1 Å². The summed E-state index contributed by atoms with van der Waals surface area (Å²) in [5, 5.41) is 8.96. The molecule has 3 N–H and O–H groups in total. The molecule has 7 heteroatoms. The van der Waals surface area contributed by atoms with Crippen LogP contribution in [0.2, 0.25) is 0 Å². The first-order valence-electron chi connectivity index (χ1n) is 8.32. The molecule has 0 radical (unpaired) electrons. The van der Waals surface area contributed by atoms with E-state index in [2.05, 4.69) is 31.9 Å². The Hall–Kier alpha value is -1.99. The van der Waals surface area contributed by atoms with Gasteiger partial charge in [-0.15, -0.1) is 11.8 Å². The van der Waals surface area contributed by atoms with Gasteiger partial charge in [-0.05, 0) is 36.8 Å². The Bertz CT molecular complexity index is 713. The van der Waals surface area contributed by atoms with Gasteiger partial charge in [-0.1, -0.05) is 40.2 Å². The van der Waals surface area contributed by atoms with Gasteiger partial charge in [0.15, 0.2) is 0 Å². The monoisotopic (exact) mass is 435 g/mol. The number of rotatable bonds is 10. The summed E-state index contributed by atoms with van der Waals surface area (Å²) < 4.78 is 0.907. The fraction of sp³-hybridized carbons (Fsp3) is 0.263. The molecule has 0 spiro atoms. The molecule has 0 bridgehead atoms. The minimum Gasteiger partial charge on any atom is -0.385 e. The molecule has 0 saturated carbocycles. The van der Waals surface area contributed by atoms with Crippen LogP contribution in [0, 0.1) is 0 Å². The number of carbonyl (C=O) groups is 2. The van der Waals surface area contributed by atoms with Gasteiger partial charge in [0.05, 0.1) is 11.5 Å². The Morgan fingerprint density at radius 3 is 2.38 bits per heavy atom. The van der Waals surface area contributed by atoms with Crippen LogP contribution in [0.5, 0.6) is 0 Å². The number of para-hydroxylation sites is 1. The molecule has 0 aliphatic carbocycles. The summed E-state index contributed by atoms with van der Waals surface area (Å²) in [6.45, 7) is 1.41. The van der Waals surface area contributed by atoms with Crippen LogP contribution in [-0.4, -0.2) is 36.4 Å². The lowest BCUT2D eigenvalue weighted by Crippen LogP contribution is -2.28. The summed E-state index contributed by atoms with van der Waals surface area (Å²) in [6.07, 6.45) is 0.842.